The Balaban J connectivity index is 1.99. The van der Waals surface area contributed by atoms with Crippen molar-refractivity contribution in [2.45, 2.75) is 44.9 Å². The van der Waals surface area contributed by atoms with Crippen molar-refractivity contribution in [2.24, 2.45) is 0 Å². The molecule has 2 heteroatoms. The van der Waals surface area contributed by atoms with Crippen LogP contribution in [0.15, 0.2) is 60.4 Å². The quantitative estimate of drug-likeness (QED) is 0.464. The van der Waals surface area contributed by atoms with Crippen LogP contribution in [-0.4, -0.2) is 5.94 Å². The van der Waals surface area contributed by atoms with Crippen LogP contribution in [0.3, 0.4) is 0 Å². The fourth-order valence-electron chi connectivity index (χ4n) is 5.58. The number of hydrogen-bond donors (Lipinski definition) is 0. The van der Waals surface area contributed by atoms with Crippen LogP contribution in [0.25, 0.3) is 28.0 Å². The number of allylic oxidation sites excluding steroid dienone is 1. The zero-order valence-electron chi connectivity index (χ0n) is 16.9. The molecular weight excluding hydrogens is 356 g/mol. The second-order valence-corrected chi connectivity index (χ2v) is 8.07. The van der Waals surface area contributed by atoms with E-state index in [0.717, 1.165) is 42.4 Å². The molecule has 0 fully saturated rings. The molecule has 144 valence electrons. The van der Waals surface area contributed by atoms with Gasteiger partial charge in [-0.1, -0.05) is 75.2 Å². The lowest BCUT2D eigenvalue weighted by Crippen LogP contribution is -2.26. The molecule has 5 rings (SSSR count). The second-order valence-electron chi connectivity index (χ2n) is 8.07. The Hall–Kier alpha value is -3.09. The van der Waals surface area contributed by atoms with E-state index in [1.54, 1.807) is 6.08 Å². The van der Waals surface area contributed by atoms with Gasteiger partial charge >= 0.3 is 0 Å². The van der Waals surface area contributed by atoms with Gasteiger partial charge in [-0.2, -0.15) is 0 Å². The van der Waals surface area contributed by atoms with Crippen molar-refractivity contribution in [1.82, 2.24) is 0 Å². The molecule has 0 amide bonds. The van der Waals surface area contributed by atoms with Gasteiger partial charge in [-0.15, -0.1) is 0 Å². The van der Waals surface area contributed by atoms with Gasteiger partial charge in [-0.25, -0.2) is 4.79 Å². The maximum absolute atomic E-state index is 11.3. The Morgan fingerprint density at radius 1 is 0.897 bits per heavy atom. The summed E-state index contributed by atoms with van der Waals surface area (Å²) in [6, 6.07) is 17.3. The molecule has 0 saturated carbocycles. The Morgan fingerprint density at radius 3 is 2.31 bits per heavy atom. The van der Waals surface area contributed by atoms with Gasteiger partial charge in [-0.05, 0) is 52.6 Å². The van der Waals surface area contributed by atoms with E-state index < -0.39 is 0 Å². The Labute approximate surface area is 171 Å². The minimum absolute atomic E-state index is 0.0281. The first-order valence-corrected chi connectivity index (χ1v) is 10.5. The molecule has 2 nitrogen and oxygen atoms in total. The summed E-state index contributed by atoms with van der Waals surface area (Å²) < 4.78 is 6.07. The molecule has 2 aliphatic rings. The molecule has 0 unspecified atom stereocenters. The van der Waals surface area contributed by atoms with E-state index in [4.69, 9.17) is 4.74 Å². The molecule has 1 heterocycles. The fourth-order valence-corrected chi connectivity index (χ4v) is 5.58. The van der Waals surface area contributed by atoms with E-state index in [9.17, 15) is 4.79 Å². The van der Waals surface area contributed by atoms with Crippen molar-refractivity contribution in [3.8, 4) is 16.9 Å². The summed E-state index contributed by atoms with van der Waals surface area (Å²) in [7, 11) is 0. The minimum Gasteiger partial charge on any atom is -0.444 e. The summed E-state index contributed by atoms with van der Waals surface area (Å²) in [6.07, 6.45) is 8.24. The normalized spacial score (nSPS) is 15.4. The summed E-state index contributed by atoms with van der Waals surface area (Å²) in [5, 5.41) is 2.25. The van der Waals surface area contributed by atoms with Crippen molar-refractivity contribution in [3.63, 3.8) is 0 Å². The second kappa shape index (κ2) is 6.76. The van der Waals surface area contributed by atoms with Crippen LogP contribution in [-0.2, 0) is 10.2 Å². The number of ether oxygens (including phenoxy) is 1. The first-order valence-electron chi connectivity index (χ1n) is 10.5. The Kier molecular flexibility index (Phi) is 4.19. The van der Waals surface area contributed by atoms with Gasteiger partial charge in [0.1, 0.15) is 5.75 Å². The summed E-state index contributed by atoms with van der Waals surface area (Å²) >= 11 is 0. The highest BCUT2D eigenvalue weighted by atomic mass is 16.5. The standard InChI is InChI=1S/C27H24O2/c1-3-15-27(16-4-2)23-12-8-7-11-21(23)24-19-9-5-6-10-20(19)26-22(25(24)27)14-13-18(17-28)29-26/h5-14H,3-4,15-16H2,1-2H3. The molecule has 3 aromatic rings. The average molecular weight is 380 g/mol. The van der Waals surface area contributed by atoms with Gasteiger partial charge in [-0.3, -0.25) is 0 Å². The zero-order valence-corrected chi connectivity index (χ0v) is 16.9. The first kappa shape index (κ1) is 18.0. The minimum atomic E-state index is -0.0281. The number of benzene rings is 3. The number of carbonyl (C=O) groups excluding carboxylic acids is 1. The predicted octanol–water partition coefficient (Wildman–Crippen LogP) is 6.83. The van der Waals surface area contributed by atoms with E-state index >= 15 is 0 Å². The molecule has 0 saturated heterocycles. The highest BCUT2D eigenvalue weighted by Gasteiger charge is 2.45. The highest BCUT2D eigenvalue weighted by molar-refractivity contribution is 6.08. The van der Waals surface area contributed by atoms with Crippen LogP contribution in [0.4, 0.5) is 0 Å². The first-order chi connectivity index (χ1) is 14.2. The zero-order chi connectivity index (χ0) is 20.0. The Morgan fingerprint density at radius 2 is 1.59 bits per heavy atom. The lowest BCUT2D eigenvalue weighted by molar-refractivity contribution is 0.422. The van der Waals surface area contributed by atoms with E-state index in [1.165, 1.54) is 27.6 Å². The average Bonchev–Trinajstić information content (AvgIpc) is 3.05. The predicted molar refractivity (Wildman–Crippen MR) is 119 cm³/mol. The largest absolute Gasteiger partial charge is 0.444 e. The van der Waals surface area contributed by atoms with E-state index in [-0.39, 0.29) is 11.2 Å². The van der Waals surface area contributed by atoms with Crippen LogP contribution in [0.1, 0.15) is 56.2 Å². The van der Waals surface area contributed by atoms with Crippen LogP contribution in [0.5, 0.6) is 5.75 Å². The maximum atomic E-state index is 11.3. The van der Waals surface area contributed by atoms with E-state index in [1.807, 2.05) is 12.0 Å². The topological polar surface area (TPSA) is 26.3 Å². The molecule has 0 atom stereocenters. The SMILES string of the molecule is CCCC1(CCC)c2ccccc2-c2c1c1c(c3ccccc23)OC(=C=O)C=C1. The molecular formula is C27H24O2. The van der Waals surface area contributed by atoms with Gasteiger partial charge in [0.05, 0.1) is 0 Å². The van der Waals surface area contributed by atoms with Gasteiger partial charge < -0.3 is 4.74 Å². The molecule has 29 heavy (non-hydrogen) atoms. The molecule has 0 aromatic heterocycles. The summed E-state index contributed by atoms with van der Waals surface area (Å²) in [5.41, 5.74) is 6.58. The molecule has 1 aliphatic carbocycles. The van der Waals surface area contributed by atoms with Crippen LogP contribution in [0.2, 0.25) is 0 Å². The van der Waals surface area contributed by atoms with Gasteiger partial charge in [0.2, 0.25) is 5.76 Å². The smallest absolute Gasteiger partial charge is 0.210 e. The molecule has 1 aliphatic heterocycles. The molecule has 0 bridgehead atoms. The highest BCUT2D eigenvalue weighted by Crippen LogP contribution is 2.59. The van der Waals surface area contributed by atoms with E-state index in [2.05, 4.69) is 62.4 Å². The number of fused-ring (bicyclic) bond motifs is 8. The third-order valence-electron chi connectivity index (χ3n) is 6.46. The van der Waals surface area contributed by atoms with E-state index in [0.29, 0.717) is 0 Å². The number of hydrogen-bond acceptors (Lipinski definition) is 2. The van der Waals surface area contributed by atoms with Crippen LogP contribution in [0, 0.1) is 0 Å². The molecule has 0 spiro atoms. The van der Waals surface area contributed by atoms with Crippen molar-refractivity contribution >= 4 is 22.8 Å². The fraction of sp³-hybridized carbons (Fsp3) is 0.259. The van der Waals surface area contributed by atoms with Gasteiger partial charge in [0.15, 0.2) is 5.94 Å². The summed E-state index contributed by atoms with van der Waals surface area (Å²) in [5.74, 6) is 2.96. The Bertz CT molecular complexity index is 1200. The number of rotatable bonds is 4. The molecule has 3 aromatic carbocycles. The van der Waals surface area contributed by atoms with Crippen molar-refractivity contribution in [3.05, 3.63) is 77.1 Å². The third kappa shape index (κ3) is 2.39. The van der Waals surface area contributed by atoms with Gasteiger partial charge in [0, 0.05) is 16.4 Å². The summed E-state index contributed by atoms with van der Waals surface area (Å²) in [4.78, 5) is 11.3. The van der Waals surface area contributed by atoms with Crippen LogP contribution >= 0.6 is 0 Å². The molecule has 0 N–H and O–H groups in total. The van der Waals surface area contributed by atoms with Crippen molar-refractivity contribution < 1.29 is 9.53 Å². The summed E-state index contributed by atoms with van der Waals surface area (Å²) in [6.45, 7) is 4.54. The van der Waals surface area contributed by atoms with Crippen molar-refractivity contribution in [1.29, 1.82) is 0 Å². The van der Waals surface area contributed by atoms with Crippen LogP contribution < -0.4 is 4.74 Å². The lowest BCUT2D eigenvalue weighted by Gasteiger charge is -2.34. The van der Waals surface area contributed by atoms with Crippen molar-refractivity contribution in [2.75, 3.05) is 0 Å². The molecule has 0 radical (unpaired) electrons. The lowest BCUT2D eigenvalue weighted by atomic mass is 9.69. The van der Waals surface area contributed by atoms with Gasteiger partial charge in [0.25, 0.3) is 0 Å². The maximum Gasteiger partial charge on any atom is 0.210 e. The monoisotopic (exact) mass is 380 g/mol. The third-order valence-corrected chi connectivity index (χ3v) is 6.46.